The Kier molecular flexibility index (Phi) is 2.63. The second-order valence-corrected chi connectivity index (χ2v) is 5.86. The summed E-state index contributed by atoms with van der Waals surface area (Å²) < 4.78 is 5.35. The van der Waals surface area contributed by atoms with Crippen LogP contribution in [0.25, 0.3) is 11.3 Å². The number of fused-ring (bicyclic) bond motifs is 1. The maximum Gasteiger partial charge on any atom is 0.262 e. The number of carbonyl (C=O) groups excluding carboxylic acids is 1. The monoisotopic (exact) mass is 287 g/mol. The summed E-state index contributed by atoms with van der Waals surface area (Å²) in [7, 11) is 0. The van der Waals surface area contributed by atoms with Gasteiger partial charge < -0.3 is 15.4 Å². The van der Waals surface area contributed by atoms with Crippen LogP contribution in [0.2, 0.25) is 0 Å². The second kappa shape index (κ2) is 4.49. The first-order valence-corrected chi connectivity index (χ1v) is 7.45. The SMILES string of the molecule is O=C1COc2ccc(-c3csc(NC4CC4)n3)cc2N1. The van der Waals surface area contributed by atoms with Crippen molar-refractivity contribution in [2.24, 2.45) is 0 Å². The van der Waals surface area contributed by atoms with Crippen LogP contribution in [0.15, 0.2) is 23.6 Å². The lowest BCUT2D eigenvalue weighted by atomic mass is 10.1. The van der Waals surface area contributed by atoms with E-state index in [9.17, 15) is 4.79 Å². The van der Waals surface area contributed by atoms with Gasteiger partial charge in [-0.25, -0.2) is 4.98 Å². The molecule has 0 atom stereocenters. The molecule has 0 bridgehead atoms. The first-order chi connectivity index (χ1) is 9.78. The normalized spacial score (nSPS) is 17.1. The molecular weight excluding hydrogens is 274 g/mol. The van der Waals surface area contributed by atoms with Gasteiger partial charge in [-0.2, -0.15) is 0 Å². The molecule has 5 nitrogen and oxygen atoms in total. The molecule has 1 amide bonds. The Balaban J connectivity index is 1.62. The highest BCUT2D eigenvalue weighted by molar-refractivity contribution is 7.14. The topological polar surface area (TPSA) is 63.2 Å². The highest BCUT2D eigenvalue weighted by Crippen LogP contribution is 2.34. The van der Waals surface area contributed by atoms with E-state index in [4.69, 9.17) is 4.74 Å². The molecular formula is C14H13N3O2S. The summed E-state index contributed by atoms with van der Waals surface area (Å²) in [6.45, 7) is 0.0818. The summed E-state index contributed by atoms with van der Waals surface area (Å²) in [5, 5.41) is 9.19. The predicted octanol–water partition coefficient (Wildman–Crippen LogP) is 2.72. The predicted molar refractivity (Wildman–Crippen MR) is 78.3 cm³/mol. The largest absolute Gasteiger partial charge is 0.482 e. The van der Waals surface area contributed by atoms with Crippen molar-refractivity contribution in [1.82, 2.24) is 4.98 Å². The van der Waals surface area contributed by atoms with Crippen LogP contribution in [0.5, 0.6) is 5.75 Å². The number of carbonyl (C=O) groups is 1. The van der Waals surface area contributed by atoms with Crippen LogP contribution in [-0.2, 0) is 4.79 Å². The smallest absolute Gasteiger partial charge is 0.262 e. The third-order valence-electron chi connectivity index (χ3n) is 3.32. The van der Waals surface area contributed by atoms with E-state index < -0.39 is 0 Å². The third-order valence-corrected chi connectivity index (χ3v) is 4.09. The van der Waals surface area contributed by atoms with Crippen molar-refractivity contribution in [3.8, 4) is 17.0 Å². The van der Waals surface area contributed by atoms with E-state index in [1.54, 1.807) is 11.3 Å². The molecule has 0 saturated heterocycles. The molecule has 1 aliphatic heterocycles. The van der Waals surface area contributed by atoms with Gasteiger partial charge in [0.05, 0.1) is 11.4 Å². The van der Waals surface area contributed by atoms with Crippen molar-refractivity contribution >= 4 is 28.1 Å². The average Bonchev–Trinajstić information content (AvgIpc) is 3.13. The first kappa shape index (κ1) is 11.7. The zero-order chi connectivity index (χ0) is 13.5. The molecule has 6 heteroatoms. The van der Waals surface area contributed by atoms with Crippen LogP contribution >= 0.6 is 11.3 Å². The first-order valence-electron chi connectivity index (χ1n) is 6.57. The summed E-state index contributed by atoms with van der Waals surface area (Å²) in [5.41, 5.74) is 2.61. The molecule has 1 saturated carbocycles. The second-order valence-electron chi connectivity index (χ2n) is 5.00. The molecule has 1 aromatic heterocycles. The van der Waals surface area contributed by atoms with Gasteiger partial charge in [0.25, 0.3) is 5.91 Å². The molecule has 0 radical (unpaired) electrons. The van der Waals surface area contributed by atoms with E-state index in [2.05, 4.69) is 15.6 Å². The number of aromatic nitrogens is 1. The molecule has 1 fully saturated rings. The standard InChI is InChI=1S/C14H13N3O2S/c18-13-6-19-12-4-1-8(5-10(12)16-13)11-7-20-14(17-11)15-9-2-3-9/h1,4-5,7,9H,2-3,6H2,(H,15,17)(H,16,18). The zero-order valence-corrected chi connectivity index (χ0v) is 11.5. The number of nitrogens with one attached hydrogen (secondary N) is 2. The fraction of sp³-hybridized carbons (Fsp3) is 0.286. The third kappa shape index (κ3) is 2.22. The molecule has 1 aliphatic carbocycles. The van der Waals surface area contributed by atoms with Crippen molar-refractivity contribution in [1.29, 1.82) is 0 Å². The Bertz CT molecular complexity index is 679. The maximum atomic E-state index is 11.3. The molecule has 2 heterocycles. The number of benzene rings is 1. The number of anilines is 2. The molecule has 2 aliphatic rings. The van der Waals surface area contributed by atoms with Gasteiger partial charge in [-0.05, 0) is 31.0 Å². The average molecular weight is 287 g/mol. The molecule has 4 rings (SSSR count). The van der Waals surface area contributed by atoms with Gasteiger partial charge in [0.1, 0.15) is 5.75 Å². The van der Waals surface area contributed by atoms with Crippen molar-refractivity contribution in [2.45, 2.75) is 18.9 Å². The van der Waals surface area contributed by atoms with Crippen molar-refractivity contribution < 1.29 is 9.53 Å². The Morgan fingerprint density at radius 1 is 1.40 bits per heavy atom. The van der Waals surface area contributed by atoms with Gasteiger partial charge in [0.15, 0.2) is 11.7 Å². The van der Waals surface area contributed by atoms with Crippen LogP contribution in [0.1, 0.15) is 12.8 Å². The van der Waals surface area contributed by atoms with Crippen LogP contribution in [-0.4, -0.2) is 23.5 Å². The van der Waals surface area contributed by atoms with E-state index in [0.29, 0.717) is 17.5 Å². The molecule has 2 N–H and O–H groups in total. The van der Waals surface area contributed by atoms with Crippen LogP contribution in [0, 0.1) is 0 Å². The number of thiazole rings is 1. The number of ether oxygens (including phenoxy) is 1. The van der Waals surface area contributed by atoms with E-state index in [1.165, 1.54) is 12.8 Å². The van der Waals surface area contributed by atoms with Gasteiger partial charge in [0.2, 0.25) is 0 Å². The van der Waals surface area contributed by atoms with E-state index in [-0.39, 0.29) is 12.5 Å². The van der Waals surface area contributed by atoms with Crippen molar-refractivity contribution in [3.05, 3.63) is 23.6 Å². The Morgan fingerprint density at radius 3 is 3.15 bits per heavy atom. The fourth-order valence-corrected chi connectivity index (χ4v) is 2.92. The molecule has 102 valence electrons. The summed E-state index contributed by atoms with van der Waals surface area (Å²) >= 11 is 1.61. The zero-order valence-electron chi connectivity index (χ0n) is 10.7. The van der Waals surface area contributed by atoms with Gasteiger partial charge in [-0.1, -0.05) is 0 Å². The molecule has 2 aromatic rings. The minimum atomic E-state index is -0.121. The Morgan fingerprint density at radius 2 is 2.30 bits per heavy atom. The number of rotatable bonds is 3. The lowest BCUT2D eigenvalue weighted by molar-refractivity contribution is -0.118. The number of hydrogen-bond donors (Lipinski definition) is 2. The highest BCUT2D eigenvalue weighted by atomic mass is 32.1. The van der Waals surface area contributed by atoms with Crippen LogP contribution in [0.4, 0.5) is 10.8 Å². The van der Waals surface area contributed by atoms with Crippen molar-refractivity contribution in [2.75, 3.05) is 17.2 Å². The van der Waals surface area contributed by atoms with E-state index in [0.717, 1.165) is 16.4 Å². The summed E-state index contributed by atoms with van der Waals surface area (Å²) in [5.74, 6) is 0.587. The van der Waals surface area contributed by atoms with Crippen LogP contribution < -0.4 is 15.4 Å². The minimum Gasteiger partial charge on any atom is -0.482 e. The van der Waals surface area contributed by atoms with Gasteiger partial charge in [-0.3, -0.25) is 4.79 Å². The van der Waals surface area contributed by atoms with Crippen molar-refractivity contribution in [3.63, 3.8) is 0 Å². The lowest BCUT2D eigenvalue weighted by Crippen LogP contribution is -2.25. The van der Waals surface area contributed by atoms with Crippen LogP contribution in [0.3, 0.4) is 0 Å². The minimum absolute atomic E-state index is 0.0818. The summed E-state index contributed by atoms with van der Waals surface area (Å²) in [6.07, 6.45) is 2.47. The highest BCUT2D eigenvalue weighted by Gasteiger charge is 2.22. The summed E-state index contributed by atoms with van der Waals surface area (Å²) in [4.78, 5) is 15.9. The lowest BCUT2D eigenvalue weighted by Gasteiger charge is -2.18. The fourth-order valence-electron chi connectivity index (χ4n) is 2.12. The molecule has 1 aromatic carbocycles. The molecule has 20 heavy (non-hydrogen) atoms. The summed E-state index contributed by atoms with van der Waals surface area (Å²) in [6, 6.07) is 6.34. The van der Waals surface area contributed by atoms with E-state index >= 15 is 0 Å². The number of nitrogens with zero attached hydrogens (tertiary/aromatic N) is 1. The maximum absolute atomic E-state index is 11.3. The number of amides is 1. The van der Waals surface area contributed by atoms with Gasteiger partial charge in [-0.15, -0.1) is 11.3 Å². The Labute approximate surface area is 120 Å². The quantitative estimate of drug-likeness (QED) is 0.911. The van der Waals surface area contributed by atoms with E-state index in [1.807, 2.05) is 23.6 Å². The Hall–Kier alpha value is -2.08. The number of hydrogen-bond acceptors (Lipinski definition) is 5. The molecule has 0 spiro atoms. The molecule has 0 unspecified atom stereocenters. The van der Waals surface area contributed by atoms with Gasteiger partial charge >= 0.3 is 0 Å². The van der Waals surface area contributed by atoms with Gasteiger partial charge in [0, 0.05) is 17.0 Å².